The van der Waals surface area contributed by atoms with Gasteiger partial charge in [-0.15, -0.1) is 0 Å². The number of hydrogen-bond donors (Lipinski definition) is 0. The van der Waals surface area contributed by atoms with Crippen LogP contribution in [0.5, 0.6) is 5.75 Å². The molecule has 0 spiro atoms. The molecule has 4 rings (SSSR count). The number of anilines is 2. The van der Waals surface area contributed by atoms with Crippen molar-refractivity contribution in [2.75, 3.05) is 55.7 Å². The minimum Gasteiger partial charge on any atom is -0.482 e. The topological polar surface area (TPSA) is 135 Å². The standard InChI is InChI=1S/C23H25N5O7/c1-2-34-23(31)16-4-7-20(24-13-16)25-8-3-9-26(11-10-25)21(29)14-27-18-12-17(28(32)33)5-6-19(18)35-15-22(27)30/h4-7,12-13H,2-3,8-11,14-15H2,1H3. The van der Waals surface area contributed by atoms with E-state index in [0.717, 1.165) is 0 Å². The molecule has 2 aliphatic rings. The lowest BCUT2D eigenvalue weighted by Crippen LogP contribution is -2.47. The van der Waals surface area contributed by atoms with E-state index in [1.807, 2.05) is 4.90 Å². The van der Waals surface area contributed by atoms with Crippen LogP contribution in [0, 0.1) is 10.1 Å². The number of fused-ring (bicyclic) bond motifs is 1. The molecule has 2 aliphatic heterocycles. The number of esters is 1. The number of nitro groups is 1. The first-order valence-corrected chi connectivity index (χ1v) is 11.2. The molecule has 1 fully saturated rings. The van der Waals surface area contributed by atoms with Crippen molar-refractivity contribution in [3.63, 3.8) is 0 Å². The highest BCUT2D eigenvalue weighted by Crippen LogP contribution is 2.35. The number of amides is 2. The van der Waals surface area contributed by atoms with Gasteiger partial charge in [-0.3, -0.25) is 24.6 Å². The number of benzene rings is 1. The fraction of sp³-hybridized carbons (Fsp3) is 0.391. The van der Waals surface area contributed by atoms with Crippen molar-refractivity contribution < 1.29 is 28.8 Å². The zero-order valence-electron chi connectivity index (χ0n) is 19.2. The smallest absolute Gasteiger partial charge is 0.339 e. The van der Waals surface area contributed by atoms with E-state index in [1.165, 1.54) is 29.3 Å². The monoisotopic (exact) mass is 483 g/mol. The fourth-order valence-corrected chi connectivity index (χ4v) is 4.02. The van der Waals surface area contributed by atoms with Crippen LogP contribution < -0.4 is 14.5 Å². The highest BCUT2D eigenvalue weighted by Gasteiger charge is 2.31. The minimum atomic E-state index is -0.559. The second-order valence-electron chi connectivity index (χ2n) is 8.02. The number of ether oxygens (including phenoxy) is 2. The number of carbonyl (C=O) groups is 3. The summed E-state index contributed by atoms with van der Waals surface area (Å²) in [4.78, 5) is 57.3. The van der Waals surface area contributed by atoms with Gasteiger partial charge < -0.3 is 19.3 Å². The summed E-state index contributed by atoms with van der Waals surface area (Å²) in [6.07, 6.45) is 2.16. The minimum absolute atomic E-state index is 0.189. The first-order chi connectivity index (χ1) is 16.9. The van der Waals surface area contributed by atoms with Gasteiger partial charge in [-0.05, 0) is 31.5 Å². The predicted octanol–water partition coefficient (Wildman–Crippen LogP) is 1.63. The largest absolute Gasteiger partial charge is 0.482 e. The Morgan fingerprint density at radius 3 is 2.71 bits per heavy atom. The van der Waals surface area contributed by atoms with Crippen LogP contribution in [-0.2, 0) is 14.3 Å². The van der Waals surface area contributed by atoms with Crippen LogP contribution in [0.25, 0.3) is 0 Å². The molecule has 0 unspecified atom stereocenters. The first kappa shape index (κ1) is 23.9. The van der Waals surface area contributed by atoms with Gasteiger partial charge in [-0.2, -0.15) is 0 Å². The maximum atomic E-state index is 13.1. The van der Waals surface area contributed by atoms with Crippen molar-refractivity contribution >= 4 is 35.0 Å². The van der Waals surface area contributed by atoms with E-state index in [9.17, 15) is 24.5 Å². The zero-order valence-corrected chi connectivity index (χ0v) is 19.2. The molecule has 2 aromatic rings. The van der Waals surface area contributed by atoms with Crippen molar-refractivity contribution in [3.8, 4) is 5.75 Å². The molecule has 0 radical (unpaired) electrons. The van der Waals surface area contributed by atoms with Gasteiger partial charge >= 0.3 is 5.97 Å². The zero-order chi connectivity index (χ0) is 24.9. The maximum Gasteiger partial charge on any atom is 0.339 e. The first-order valence-electron chi connectivity index (χ1n) is 11.2. The molecule has 0 N–H and O–H groups in total. The number of carbonyl (C=O) groups excluding carboxylic acids is 3. The maximum absolute atomic E-state index is 13.1. The third kappa shape index (κ3) is 5.31. The fourth-order valence-electron chi connectivity index (χ4n) is 4.02. The van der Waals surface area contributed by atoms with Crippen molar-refractivity contribution in [1.29, 1.82) is 0 Å². The Balaban J connectivity index is 1.41. The van der Waals surface area contributed by atoms with Crippen LogP contribution in [0.1, 0.15) is 23.7 Å². The van der Waals surface area contributed by atoms with Crippen LogP contribution in [0.15, 0.2) is 36.5 Å². The summed E-state index contributed by atoms with van der Waals surface area (Å²) in [5.41, 5.74) is 0.399. The van der Waals surface area contributed by atoms with Crippen LogP contribution in [0.3, 0.4) is 0 Å². The van der Waals surface area contributed by atoms with Gasteiger partial charge in [0.25, 0.3) is 11.6 Å². The Hall–Kier alpha value is -4.22. The highest BCUT2D eigenvalue weighted by molar-refractivity contribution is 6.02. The molecule has 1 saturated heterocycles. The Morgan fingerprint density at radius 2 is 2.00 bits per heavy atom. The molecule has 0 bridgehead atoms. The normalized spacial score (nSPS) is 15.7. The quantitative estimate of drug-likeness (QED) is 0.341. The number of non-ortho nitro benzene ring substituents is 1. The Labute approximate surface area is 201 Å². The van der Waals surface area contributed by atoms with Crippen LogP contribution in [0.2, 0.25) is 0 Å². The van der Waals surface area contributed by atoms with E-state index >= 15 is 0 Å². The van der Waals surface area contributed by atoms with Crippen LogP contribution >= 0.6 is 0 Å². The summed E-state index contributed by atoms with van der Waals surface area (Å²) < 4.78 is 10.3. The van der Waals surface area contributed by atoms with E-state index in [4.69, 9.17) is 9.47 Å². The average molecular weight is 483 g/mol. The molecule has 35 heavy (non-hydrogen) atoms. The molecule has 0 atom stereocenters. The summed E-state index contributed by atoms with van der Waals surface area (Å²) in [6.45, 7) is 3.66. The van der Waals surface area contributed by atoms with E-state index < -0.39 is 16.8 Å². The lowest BCUT2D eigenvalue weighted by Gasteiger charge is -2.30. The molecule has 0 aliphatic carbocycles. The Morgan fingerprint density at radius 1 is 1.17 bits per heavy atom. The van der Waals surface area contributed by atoms with Gasteiger partial charge in [0.1, 0.15) is 18.1 Å². The summed E-state index contributed by atoms with van der Waals surface area (Å²) in [7, 11) is 0. The van der Waals surface area contributed by atoms with Gasteiger partial charge in [0, 0.05) is 44.5 Å². The van der Waals surface area contributed by atoms with Gasteiger partial charge in [-0.1, -0.05) is 0 Å². The number of nitro benzene ring substituents is 1. The summed E-state index contributed by atoms with van der Waals surface area (Å²) in [6, 6.07) is 7.39. The number of aromatic nitrogens is 1. The van der Waals surface area contributed by atoms with E-state index in [0.29, 0.717) is 49.7 Å². The van der Waals surface area contributed by atoms with Crippen LogP contribution in [-0.4, -0.2) is 78.5 Å². The van der Waals surface area contributed by atoms with Crippen molar-refractivity contribution in [2.24, 2.45) is 0 Å². The lowest BCUT2D eigenvalue weighted by atomic mass is 10.2. The summed E-state index contributed by atoms with van der Waals surface area (Å²) in [5, 5.41) is 11.2. The molecule has 184 valence electrons. The van der Waals surface area contributed by atoms with E-state index in [1.54, 1.807) is 24.0 Å². The Kier molecular flexibility index (Phi) is 7.09. The van der Waals surface area contributed by atoms with Crippen molar-refractivity contribution in [2.45, 2.75) is 13.3 Å². The predicted molar refractivity (Wildman–Crippen MR) is 125 cm³/mol. The highest BCUT2D eigenvalue weighted by atomic mass is 16.6. The van der Waals surface area contributed by atoms with Gasteiger partial charge in [0.15, 0.2) is 6.61 Å². The summed E-state index contributed by atoms with van der Waals surface area (Å²) >= 11 is 0. The molecule has 12 nitrogen and oxygen atoms in total. The number of nitrogens with zero attached hydrogens (tertiary/aromatic N) is 5. The van der Waals surface area contributed by atoms with Gasteiger partial charge in [-0.25, -0.2) is 9.78 Å². The lowest BCUT2D eigenvalue weighted by molar-refractivity contribution is -0.384. The van der Waals surface area contributed by atoms with Gasteiger partial charge in [0.2, 0.25) is 5.91 Å². The van der Waals surface area contributed by atoms with E-state index in [-0.39, 0.29) is 37.0 Å². The molecule has 3 heterocycles. The molecular weight excluding hydrogens is 458 g/mol. The molecular formula is C23H25N5O7. The van der Waals surface area contributed by atoms with Crippen LogP contribution in [0.4, 0.5) is 17.2 Å². The molecule has 0 saturated carbocycles. The van der Waals surface area contributed by atoms with Gasteiger partial charge in [0.05, 0.1) is 22.8 Å². The number of hydrogen-bond acceptors (Lipinski definition) is 9. The second-order valence-corrected chi connectivity index (χ2v) is 8.02. The molecule has 2 amide bonds. The third-order valence-corrected chi connectivity index (χ3v) is 5.82. The number of rotatable bonds is 6. The Bertz CT molecular complexity index is 1140. The number of pyridine rings is 1. The summed E-state index contributed by atoms with van der Waals surface area (Å²) in [5.74, 6) is -0.109. The SMILES string of the molecule is CCOC(=O)c1ccc(N2CCCN(C(=O)CN3C(=O)COc4ccc([N+](=O)[O-])cc43)CC2)nc1. The van der Waals surface area contributed by atoms with Crippen molar-refractivity contribution in [1.82, 2.24) is 9.88 Å². The molecule has 1 aromatic carbocycles. The van der Waals surface area contributed by atoms with E-state index in [2.05, 4.69) is 4.98 Å². The molecule has 1 aromatic heterocycles. The average Bonchev–Trinajstić information content (AvgIpc) is 3.12. The third-order valence-electron chi connectivity index (χ3n) is 5.82. The molecule has 12 heteroatoms. The van der Waals surface area contributed by atoms with Crippen molar-refractivity contribution in [3.05, 3.63) is 52.2 Å². The second kappa shape index (κ2) is 10.4.